The van der Waals surface area contributed by atoms with E-state index in [9.17, 15) is 0 Å². The quantitative estimate of drug-likeness (QED) is 0.787. The van der Waals surface area contributed by atoms with E-state index >= 15 is 0 Å². The molecule has 1 aromatic rings. The molecule has 1 rings (SSSR count). The van der Waals surface area contributed by atoms with Crippen molar-refractivity contribution in [3.05, 3.63) is 30.9 Å². The van der Waals surface area contributed by atoms with Crippen molar-refractivity contribution in [1.82, 2.24) is 5.32 Å². The molecular formula is C8H9I2N. The van der Waals surface area contributed by atoms with E-state index in [0.717, 1.165) is 6.54 Å². The van der Waals surface area contributed by atoms with Crippen LogP contribution in [-0.2, 0) is 6.54 Å². The highest BCUT2D eigenvalue weighted by molar-refractivity contribution is 14.1. The summed E-state index contributed by atoms with van der Waals surface area (Å²) < 4.78 is 2.69. The van der Waals surface area contributed by atoms with Crippen LogP contribution in [0.1, 0.15) is 5.56 Å². The van der Waals surface area contributed by atoms with Crippen molar-refractivity contribution in [2.24, 2.45) is 0 Å². The van der Waals surface area contributed by atoms with Crippen LogP contribution in [0.25, 0.3) is 0 Å². The van der Waals surface area contributed by atoms with Crippen LogP contribution in [0.3, 0.4) is 0 Å². The summed E-state index contributed by atoms with van der Waals surface area (Å²) in [6, 6.07) is 6.37. The lowest BCUT2D eigenvalue weighted by Crippen LogP contribution is -2.06. The van der Waals surface area contributed by atoms with Gasteiger partial charge in [0.05, 0.1) is 0 Å². The number of rotatable bonds is 2. The second-order valence-electron chi connectivity index (χ2n) is 2.24. The molecule has 0 aliphatic carbocycles. The van der Waals surface area contributed by atoms with Gasteiger partial charge in [-0.2, -0.15) is 0 Å². The number of hydrogen-bond donors (Lipinski definition) is 1. The van der Waals surface area contributed by atoms with Crippen molar-refractivity contribution >= 4 is 45.2 Å². The Balaban J connectivity index is 2.96. The lowest BCUT2D eigenvalue weighted by atomic mass is 10.2. The Hall–Kier alpha value is 0.640. The minimum Gasteiger partial charge on any atom is -0.316 e. The molecule has 0 atom stereocenters. The van der Waals surface area contributed by atoms with Gasteiger partial charge in [-0.05, 0) is 63.9 Å². The molecule has 1 aromatic carbocycles. The van der Waals surface area contributed by atoms with Crippen LogP contribution in [0.15, 0.2) is 18.2 Å². The van der Waals surface area contributed by atoms with Crippen LogP contribution in [0.5, 0.6) is 0 Å². The minimum atomic E-state index is 0.953. The summed E-state index contributed by atoms with van der Waals surface area (Å²) >= 11 is 4.74. The first-order valence-corrected chi connectivity index (χ1v) is 5.49. The first-order valence-electron chi connectivity index (χ1n) is 3.33. The fraction of sp³-hybridized carbons (Fsp3) is 0.250. The van der Waals surface area contributed by atoms with Gasteiger partial charge in [0.15, 0.2) is 0 Å². The lowest BCUT2D eigenvalue weighted by molar-refractivity contribution is 0.813. The summed E-state index contributed by atoms with van der Waals surface area (Å²) in [6.45, 7) is 0.953. The molecule has 0 aliphatic heterocycles. The Morgan fingerprint density at radius 3 is 2.73 bits per heavy atom. The first kappa shape index (κ1) is 9.73. The molecule has 60 valence electrons. The Kier molecular flexibility index (Phi) is 4.08. The molecule has 1 nitrogen and oxygen atoms in total. The summed E-state index contributed by atoms with van der Waals surface area (Å²) in [7, 11) is 1.97. The smallest absolute Gasteiger partial charge is 0.0308 e. The standard InChI is InChI=1S/C8H9I2N/c1-11-5-6-3-2-4-7(9)8(6)10/h2-4,11H,5H2,1H3. The fourth-order valence-corrected chi connectivity index (χ4v) is 1.98. The maximum Gasteiger partial charge on any atom is 0.0308 e. The van der Waals surface area contributed by atoms with Crippen molar-refractivity contribution in [2.75, 3.05) is 7.05 Å². The molecule has 0 aliphatic rings. The number of halogens is 2. The van der Waals surface area contributed by atoms with Gasteiger partial charge in [-0.25, -0.2) is 0 Å². The largest absolute Gasteiger partial charge is 0.316 e. The van der Waals surface area contributed by atoms with Crippen LogP contribution in [0, 0.1) is 7.14 Å². The van der Waals surface area contributed by atoms with E-state index in [-0.39, 0.29) is 0 Å². The summed E-state index contributed by atoms with van der Waals surface area (Å²) in [5.74, 6) is 0. The molecule has 0 amide bonds. The van der Waals surface area contributed by atoms with E-state index in [2.05, 4.69) is 68.7 Å². The molecule has 1 N–H and O–H groups in total. The molecule has 0 fully saturated rings. The van der Waals surface area contributed by atoms with E-state index < -0.39 is 0 Å². The maximum atomic E-state index is 3.14. The highest BCUT2D eigenvalue weighted by atomic mass is 127. The Bertz CT molecular complexity index is 248. The molecule has 0 saturated carbocycles. The van der Waals surface area contributed by atoms with E-state index in [1.54, 1.807) is 0 Å². The van der Waals surface area contributed by atoms with Crippen LogP contribution < -0.4 is 5.32 Å². The van der Waals surface area contributed by atoms with E-state index in [0.29, 0.717) is 0 Å². The van der Waals surface area contributed by atoms with E-state index in [1.807, 2.05) is 7.05 Å². The lowest BCUT2D eigenvalue weighted by Gasteiger charge is -2.04. The Labute approximate surface area is 94.2 Å². The van der Waals surface area contributed by atoms with Gasteiger partial charge >= 0.3 is 0 Å². The Morgan fingerprint density at radius 2 is 2.09 bits per heavy atom. The SMILES string of the molecule is CNCc1cccc(I)c1I. The highest BCUT2D eigenvalue weighted by Crippen LogP contribution is 2.18. The van der Waals surface area contributed by atoms with E-state index in [1.165, 1.54) is 12.7 Å². The predicted molar refractivity (Wildman–Crippen MR) is 64.6 cm³/mol. The number of hydrogen-bond acceptors (Lipinski definition) is 1. The molecule has 3 heteroatoms. The van der Waals surface area contributed by atoms with Crippen LogP contribution in [0.4, 0.5) is 0 Å². The van der Waals surface area contributed by atoms with Gasteiger partial charge in [-0.15, -0.1) is 0 Å². The second kappa shape index (κ2) is 4.61. The highest BCUT2D eigenvalue weighted by Gasteiger charge is 2.00. The van der Waals surface area contributed by atoms with Gasteiger partial charge in [0.2, 0.25) is 0 Å². The van der Waals surface area contributed by atoms with Crippen LogP contribution >= 0.6 is 45.2 Å². The molecule has 0 unspecified atom stereocenters. The molecule has 0 heterocycles. The third-order valence-electron chi connectivity index (χ3n) is 1.40. The van der Waals surface area contributed by atoms with Crippen LogP contribution in [0.2, 0.25) is 0 Å². The van der Waals surface area contributed by atoms with Gasteiger partial charge in [-0.3, -0.25) is 0 Å². The molecule has 0 bridgehead atoms. The zero-order chi connectivity index (χ0) is 8.27. The molecule has 11 heavy (non-hydrogen) atoms. The topological polar surface area (TPSA) is 12.0 Å². The van der Waals surface area contributed by atoms with Gasteiger partial charge in [0.1, 0.15) is 0 Å². The van der Waals surface area contributed by atoms with E-state index in [4.69, 9.17) is 0 Å². The average molecular weight is 373 g/mol. The number of nitrogens with one attached hydrogen (secondary N) is 1. The van der Waals surface area contributed by atoms with Gasteiger partial charge in [0, 0.05) is 13.7 Å². The fourth-order valence-electron chi connectivity index (χ4n) is 0.875. The molecule has 0 saturated heterocycles. The first-order chi connectivity index (χ1) is 5.25. The minimum absolute atomic E-state index is 0.953. The van der Waals surface area contributed by atoms with Gasteiger partial charge in [0.25, 0.3) is 0 Å². The zero-order valence-electron chi connectivity index (χ0n) is 6.20. The van der Waals surface area contributed by atoms with Crippen LogP contribution in [-0.4, -0.2) is 7.05 Å². The summed E-state index contributed by atoms with van der Waals surface area (Å²) in [5.41, 5.74) is 1.38. The van der Waals surface area contributed by atoms with Gasteiger partial charge in [-0.1, -0.05) is 12.1 Å². The summed E-state index contributed by atoms with van der Waals surface area (Å²) in [6.07, 6.45) is 0. The average Bonchev–Trinajstić information content (AvgIpc) is 1.99. The molecule has 0 aromatic heterocycles. The third-order valence-corrected chi connectivity index (χ3v) is 4.60. The van der Waals surface area contributed by atoms with Crippen molar-refractivity contribution < 1.29 is 0 Å². The molecular weight excluding hydrogens is 364 g/mol. The molecule has 0 radical (unpaired) electrons. The Morgan fingerprint density at radius 1 is 1.36 bits per heavy atom. The second-order valence-corrected chi connectivity index (χ2v) is 4.48. The number of benzene rings is 1. The zero-order valence-corrected chi connectivity index (χ0v) is 10.5. The van der Waals surface area contributed by atoms with Crippen molar-refractivity contribution in [1.29, 1.82) is 0 Å². The van der Waals surface area contributed by atoms with Crippen molar-refractivity contribution in [3.63, 3.8) is 0 Å². The monoisotopic (exact) mass is 373 g/mol. The maximum absolute atomic E-state index is 3.14. The normalized spacial score (nSPS) is 10.1. The van der Waals surface area contributed by atoms with Crippen molar-refractivity contribution in [2.45, 2.75) is 6.54 Å². The summed E-state index contributed by atoms with van der Waals surface area (Å²) in [5, 5.41) is 3.14. The molecule has 0 spiro atoms. The summed E-state index contributed by atoms with van der Waals surface area (Å²) in [4.78, 5) is 0. The van der Waals surface area contributed by atoms with Crippen molar-refractivity contribution in [3.8, 4) is 0 Å². The van der Waals surface area contributed by atoms with Gasteiger partial charge < -0.3 is 5.32 Å². The third kappa shape index (κ3) is 2.55. The predicted octanol–water partition coefficient (Wildman–Crippen LogP) is 2.62.